The first kappa shape index (κ1) is 29.7. The summed E-state index contributed by atoms with van der Waals surface area (Å²) in [5.74, 6) is -1.83. The molecule has 5 nitrogen and oxygen atoms in total. The van der Waals surface area contributed by atoms with Gasteiger partial charge in [0.15, 0.2) is 0 Å². The molecule has 0 bridgehead atoms. The van der Waals surface area contributed by atoms with Crippen LogP contribution in [0.2, 0.25) is 0 Å². The lowest BCUT2D eigenvalue weighted by Crippen LogP contribution is -2.21. The Labute approximate surface area is 219 Å². The number of rotatable bonds is 19. The van der Waals surface area contributed by atoms with Crippen LogP contribution in [0.4, 0.5) is 0 Å². The van der Waals surface area contributed by atoms with Gasteiger partial charge in [0.25, 0.3) is 0 Å². The molecule has 0 aliphatic rings. The highest BCUT2D eigenvalue weighted by atomic mass is 32.2. The normalized spacial score (nSPS) is 13.0. The molecule has 2 aromatic carbocycles. The van der Waals surface area contributed by atoms with E-state index in [4.69, 9.17) is 10.2 Å². The summed E-state index contributed by atoms with van der Waals surface area (Å²) < 4.78 is 0. The first-order valence-corrected chi connectivity index (χ1v) is 13.9. The molecule has 0 radical (unpaired) electrons. The predicted octanol–water partition coefficient (Wildman–Crippen LogP) is 7.38. The number of aryl methyl sites for hydroxylation is 1. The fourth-order valence-electron chi connectivity index (χ4n) is 4.06. The number of hydrogen-bond donors (Lipinski definition) is 3. The zero-order chi connectivity index (χ0) is 26.0. The first-order valence-electron chi connectivity index (χ1n) is 13.1. The minimum absolute atomic E-state index is 0.0394. The first-order chi connectivity index (χ1) is 17.5. The van der Waals surface area contributed by atoms with Crippen molar-refractivity contribution in [1.82, 2.24) is 0 Å². The zero-order valence-corrected chi connectivity index (χ0v) is 21.9. The minimum Gasteiger partial charge on any atom is -0.481 e. The van der Waals surface area contributed by atoms with E-state index >= 15 is 0 Å². The number of carbonyl (C=O) groups is 2. The van der Waals surface area contributed by atoms with Crippen LogP contribution in [0.1, 0.15) is 86.6 Å². The van der Waals surface area contributed by atoms with Crippen LogP contribution in [0, 0.1) is 0 Å². The molecule has 3 N–H and O–H groups in total. The molecule has 2 rings (SSSR count). The third kappa shape index (κ3) is 12.9. The van der Waals surface area contributed by atoms with E-state index < -0.39 is 18.0 Å². The largest absolute Gasteiger partial charge is 0.481 e. The van der Waals surface area contributed by atoms with Crippen LogP contribution in [0.25, 0.3) is 0 Å². The summed E-state index contributed by atoms with van der Waals surface area (Å²) in [6.07, 6.45) is 15.1. The van der Waals surface area contributed by atoms with Crippen molar-refractivity contribution in [2.45, 2.75) is 93.3 Å². The fraction of sp³-hybridized carbons (Fsp3) is 0.467. The van der Waals surface area contributed by atoms with Crippen LogP contribution < -0.4 is 0 Å². The van der Waals surface area contributed by atoms with E-state index in [1.54, 1.807) is 24.3 Å². The molecule has 2 aromatic rings. The molecule has 0 amide bonds. The Bertz CT molecular complexity index is 911. The van der Waals surface area contributed by atoms with Gasteiger partial charge in [-0.25, -0.2) is 4.79 Å². The lowest BCUT2D eigenvalue weighted by atomic mass is 10.0. The molecule has 2 atom stereocenters. The Hall–Kier alpha value is -2.57. The molecule has 0 saturated heterocycles. The molecule has 0 unspecified atom stereocenters. The Kier molecular flexibility index (Phi) is 14.7. The number of aliphatic hydroxyl groups is 1. The van der Waals surface area contributed by atoms with Gasteiger partial charge in [-0.2, -0.15) is 0 Å². The number of hydrogen-bond acceptors (Lipinski definition) is 4. The summed E-state index contributed by atoms with van der Waals surface area (Å²) in [5, 5.41) is 28.4. The topological polar surface area (TPSA) is 94.8 Å². The maximum absolute atomic E-state index is 11.1. The molecule has 0 fully saturated rings. The minimum atomic E-state index is -0.969. The van der Waals surface area contributed by atoms with Crippen molar-refractivity contribution in [3.05, 3.63) is 77.9 Å². The molecule has 0 spiro atoms. The summed E-state index contributed by atoms with van der Waals surface area (Å²) >= 11 is 1.48. The van der Waals surface area contributed by atoms with Gasteiger partial charge >= 0.3 is 11.9 Å². The van der Waals surface area contributed by atoms with Crippen molar-refractivity contribution in [2.75, 3.05) is 0 Å². The van der Waals surface area contributed by atoms with E-state index in [1.165, 1.54) is 55.9 Å². The highest BCUT2D eigenvalue weighted by Gasteiger charge is 2.18. The molecule has 0 aromatic heterocycles. The van der Waals surface area contributed by atoms with Crippen molar-refractivity contribution in [1.29, 1.82) is 0 Å². The lowest BCUT2D eigenvalue weighted by Gasteiger charge is -2.19. The van der Waals surface area contributed by atoms with Gasteiger partial charge in [-0.05, 0) is 68.4 Å². The van der Waals surface area contributed by atoms with E-state index in [0.717, 1.165) is 24.2 Å². The maximum Gasteiger partial charge on any atom is 0.335 e. The van der Waals surface area contributed by atoms with Crippen molar-refractivity contribution >= 4 is 23.7 Å². The van der Waals surface area contributed by atoms with Crippen LogP contribution in [-0.4, -0.2) is 38.6 Å². The number of carboxylic acids is 2. The number of thioether (sulfide) groups is 1. The zero-order valence-electron chi connectivity index (χ0n) is 21.1. The fourth-order valence-corrected chi connectivity index (χ4v) is 5.15. The Morgan fingerprint density at radius 3 is 2.08 bits per heavy atom. The van der Waals surface area contributed by atoms with Crippen LogP contribution in [-0.2, 0) is 11.2 Å². The lowest BCUT2D eigenvalue weighted by molar-refractivity contribution is -0.137. The smallest absolute Gasteiger partial charge is 0.335 e. The number of unbranched alkanes of at least 4 members (excludes halogenated alkanes) is 7. The molecular formula is C30H40O5S. The average molecular weight is 513 g/mol. The third-order valence-electron chi connectivity index (χ3n) is 6.15. The van der Waals surface area contributed by atoms with E-state index in [2.05, 4.69) is 36.4 Å². The second kappa shape index (κ2) is 17.8. The Morgan fingerprint density at radius 1 is 0.806 bits per heavy atom. The van der Waals surface area contributed by atoms with E-state index in [9.17, 15) is 14.7 Å². The number of allylic oxidation sites excluding steroid dienone is 1. The quantitative estimate of drug-likeness (QED) is 0.103. The number of benzene rings is 2. The van der Waals surface area contributed by atoms with Gasteiger partial charge in [-0.15, -0.1) is 11.8 Å². The SMILES string of the molecule is O=C(O)CCC[C@H](O)[C@@H](/C=C\CCCCCCCCCc1ccccc1)Sc1ccc(C(=O)O)cc1. The number of aliphatic carboxylic acids is 1. The summed E-state index contributed by atoms with van der Waals surface area (Å²) in [6.45, 7) is 0. The van der Waals surface area contributed by atoms with Gasteiger partial charge in [-0.3, -0.25) is 4.79 Å². The van der Waals surface area contributed by atoms with Crippen LogP contribution >= 0.6 is 11.8 Å². The molecule has 6 heteroatoms. The van der Waals surface area contributed by atoms with Crippen molar-refractivity contribution in [3.63, 3.8) is 0 Å². The van der Waals surface area contributed by atoms with Gasteiger partial charge in [0.2, 0.25) is 0 Å². The Balaban J connectivity index is 1.69. The number of aromatic carboxylic acids is 1. The van der Waals surface area contributed by atoms with E-state index in [0.29, 0.717) is 12.8 Å². The molecule has 196 valence electrons. The highest BCUT2D eigenvalue weighted by Crippen LogP contribution is 2.29. The van der Waals surface area contributed by atoms with Crippen LogP contribution in [0.15, 0.2) is 71.6 Å². The monoisotopic (exact) mass is 512 g/mol. The van der Waals surface area contributed by atoms with Gasteiger partial charge in [-0.1, -0.05) is 74.6 Å². The molecule has 0 heterocycles. The van der Waals surface area contributed by atoms with E-state index in [1.807, 2.05) is 6.08 Å². The molecule has 36 heavy (non-hydrogen) atoms. The van der Waals surface area contributed by atoms with Gasteiger partial charge in [0.1, 0.15) is 0 Å². The van der Waals surface area contributed by atoms with Crippen LogP contribution in [0.5, 0.6) is 0 Å². The predicted molar refractivity (Wildman–Crippen MR) is 147 cm³/mol. The second-order valence-corrected chi connectivity index (χ2v) is 10.4. The summed E-state index contributed by atoms with van der Waals surface area (Å²) in [5.41, 5.74) is 1.65. The molecule has 0 aliphatic heterocycles. The number of carboxylic acid groups (broad SMARTS) is 2. The molecular weight excluding hydrogens is 472 g/mol. The standard InChI is InChI=1S/C30H40O5S/c31-27(17-13-19-29(32)33)28(36-26-22-20-25(21-23-26)30(34)35)18-12-7-5-3-1-2-4-6-9-14-24-15-10-8-11-16-24/h8,10-12,15-16,18,20-23,27-28,31H,1-7,9,13-14,17,19H2,(H,32,33)(H,34,35)/b18-12-/t27-,28+/m0/s1. The average Bonchev–Trinajstić information content (AvgIpc) is 2.87. The number of aliphatic hydroxyl groups excluding tert-OH is 1. The summed E-state index contributed by atoms with van der Waals surface area (Å²) in [6, 6.07) is 17.3. The van der Waals surface area contributed by atoms with Crippen LogP contribution in [0.3, 0.4) is 0 Å². The van der Waals surface area contributed by atoms with E-state index in [-0.39, 0.29) is 17.2 Å². The van der Waals surface area contributed by atoms with Gasteiger partial charge in [0.05, 0.1) is 16.9 Å². The summed E-state index contributed by atoms with van der Waals surface area (Å²) in [7, 11) is 0. The second-order valence-electron chi connectivity index (χ2n) is 9.19. The molecule has 0 saturated carbocycles. The Morgan fingerprint density at radius 2 is 1.44 bits per heavy atom. The van der Waals surface area contributed by atoms with Crippen molar-refractivity contribution in [2.24, 2.45) is 0 Å². The molecule has 0 aliphatic carbocycles. The third-order valence-corrected chi connectivity index (χ3v) is 7.44. The van der Waals surface area contributed by atoms with Gasteiger partial charge < -0.3 is 15.3 Å². The summed E-state index contributed by atoms with van der Waals surface area (Å²) in [4.78, 5) is 22.8. The van der Waals surface area contributed by atoms with Crippen molar-refractivity contribution < 1.29 is 24.9 Å². The maximum atomic E-state index is 11.1. The van der Waals surface area contributed by atoms with Gasteiger partial charge in [0, 0.05) is 11.3 Å². The highest BCUT2D eigenvalue weighted by molar-refractivity contribution is 8.00. The van der Waals surface area contributed by atoms with Crippen molar-refractivity contribution in [3.8, 4) is 0 Å².